The first-order valence-electron chi connectivity index (χ1n) is 1.81. The van der Waals surface area contributed by atoms with Crippen molar-refractivity contribution >= 4 is 11.6 Å². The maximum Gasteiger partial charge on any atom is 0.112 e. The molecule has 42 valence electrons. The summed E-state index contributed by atoms with van der Waals surface area (Å²) in [6.45, 7) is 2.82. The molecule has 2 nitrogen and oxygen atoms in total. The standard InChI is InChI=1S/C4H7ClO2/c1-3(5)4(7)2-6/h4,6-7H,1-2H2. The molecule has 0 aromatic heterocycles. The Morgan fingerprint density at radius 3 is 2.29 bits per heavy atom. The van der Waals surface area contributed by atoms with Crippen LogP contribution in [0.15, 0.2) is 11.6 Å². The smallest absolute Gasteiger partial charge is 0.112 e. The van der Waals surface area contributed by atoms with Crippen molar-refractivity contribution in [3.05, 3.63) is 11.6 Å². The summed E-state index contributed by atoms with van der Waals surface area (Å²) < 4.78 is 0. The molecule has 0 saturated carbocycles. The maximum atomic E-state index is 8.45. The van der Waals surface area contributed by atoms with Crippen LogP contribution in [0, 0.1) is 0 Å². The van der Waals surface area contributed by atoms with E-state index in [1.807, 2.05) is 0 Å². The zero-order valence-electron chi connectivity index (χ0n) is 3.76. The van der Waals surface area contributed by atoms with E-state index in [-0.39, 0.29) is 11.6 Å². The van der Waals surface area contributed by atoms with E-state index in [0.29, 0.717) is 0 Å². The number of aliphatic hydroxyl groups excluding tert-OH is 2. The minimum Gasteiger partial charge on any atom is -0.393 e. The molecule has 0 rings (SSSR count). The molecular weight excluding hydrogens is 115 g/mol. The van der Waals surface area contributed by atoms with Crippen LogP contribution in [0.2, 0.25) is 0 Å². The highest BCUT2D eigenvalue weighted by Crippen LogP contribution is 2.01. The second-order valence-corrected chi connectivity index (χ2v) is 1.63. The van der Waals surface area contributed by atoms with Gasteiger partial charge in [-0.15, -0.1) is 0 Å². The van der Waals surface area contributed by atoms with E-state index in [4.69, 9.17) is 21.8 Å². The Kier molecular flexibility index (Phi) is 3.00. The number of hydrogen-bond donors (Lipinski definition) is 2. The molecule has 0 bridgehead atoms. The fraction of sp³-hybridized carbons (Fsp3) is 0.500. The molecule has 0 spiro atoms. The van der Waals surface area contributed by atoms with Crippen molar-refractivity contribution in [2.24, 2.45) is 0 Å². The first-order valence-corrected chi connectivity index (χ1v) is 2.19. The highest BCUT2D eigenvalue weighted by Gasteiger charge is 2.00. The molecule has 0 saturated heterocycles. The fourth-order valence-electron chi connectivity index (χ4n) is 0.0991. The number of rotatable bonds is 2. The quantitative estimate of drug-likeness (QED) is 0.545. The molecule has 0 aromatic carbocycles. The summed E-state index contributed by atoms with van der Waals surface area (Å²) in [5.41, 5.74) is 0. The number of hydrogen-bond acceptors (Lipinski definition) is 2. The SMILES string of the molecule is C=C(Cl)C(O)CO. The van der Waals surface area contributed by atoms with Crippen molar-refractivity contribution in [2.45, 2.75) is 6.10 Å². The third-order valence-corrected chi connectivity index (χ3v) is 0.786. The van der Waals surface area contributed by atoms with Crippen molar-refractivity contribution in [1.82, 2.24) is 0 Å². The van der Waals surface area contributed by atoms with Gasteiger partial charge in [0.1, 0.15) is 6.10 Å². The lowest BCUT2D eigenvalue weighted by atomic mass is 10.4. The molecule has 0 aromatic rings. The summed E-state index contributed by atoms with van der Waals surface area (Å²) in [5.74, 6) is 0. The van der Waals surface area contributed by atoms with Crippen LogP contribution >= 0.6 is 11.6 Å². The van der Waals surface area contributed by atoms with E-state index in [2.05, 4.69) is 6.58 Å². The van der Waals surface area contributed by atoms with Crippen LogP contribution in [0.25, 0.3) is 0 Å². The average molecular weight is 123 g/mol. The van der Waals surface area contributed by atoms with Gasteiger partial charge in [-0.1, -0.05) is 18.2 Å². The topological polar surface area (TPSA) is 40.5 Å². The van der Waals surface area contributed by atoms with Crippen LogP contribution in [0.5, 0.6) is 0 Å². The van der Waals surface area contributed by atoms with Gasteiger partial charge in [0.15, 0.2) is 0 Å². The molecule has 0 aliphatic heterocycles. The first-order chi connectivity index (χ1) is 3.18. The van der Waals surface area contributed by atoms with Gasteiger partial charge in [-0.25, -0.2) is 0 Å². The summed E-state index contributed by atoms with van der Waals surface area (Å²) in [5, 5.41) is 16.6. The molecular formula is C4H7ClO2. The molecule has 1 atom stereocenters. The highest BCUT2D eigenvalue weighted by molar-refractivity contribution is 6.29. The van der Waals surface area contributed by atoms with Crippen LogP contribution in [-0.2, 0) is 0 Å². The van der Waals surface area contributed by atoms with Crippen molar-refractivity contribution in [3.8, 4) is 0 Å². The van der Waals surface area contributed by atoms with E-state index in [1.165, 1.54) is 0 Å². The Labute approximate surface area is 47.0 Å². The zero-order valence-corrected chi connectivity index (χ0v) is 4.52. The molecule has 0 aliphatic rings. The Morgan fingerprint density at radius 1 is 1.86 bits per heavy atom. The van der Waals surface area contributed by atoms with E-state index in [0.717, 1.165) is 0 Å². The van der Waals surface area contributed by atoms with E-state index in [9.17, 15) is 0 Å². The zero-order chi connectivity index (χ0) is 5.86. The molecule has 0 radical (unpaired) electrons. The van der Waals surface area contributed by atoms with Gasteiger partial charge in [0, 0.05) is 5.03 Å². The summed E-state index contributed by atoms with van der Waals surface area (Å²) in [4.78, 5) is 0. The van der Waals surface area contributed by atoms with Crippen LogP contribution in [-0.4, -0.2) is 22.9 Å². The predicted octanol–water partition coefficient (Wildman–Crippen LogP) is 0.0921. The normalized spacial score (nSPS) is 13.6. The van der Waals surface area contributed by atoms with Crippen molar-refractivity contribution in [3.63, 3.8) is 0 Å². The van der Waals surface area contributed by atoms with Gasteiger partial charge in [0.2, 0.25) is 0 Å². The van der Waals surface area contributed by atoms with E-state index in [1.54, 1.807) is 0 Å². The summed E-state index contributed by atoms with van der Waals surface area (Å²) in [7, 11) is 0. The Bertz CT molecular complexity index is 72.1. The molecule has 0 amide bonds. The lowest BCUT2D eigenvalue weighted by molar-refractivity contribution is 0.128. The first kappa shape index (κ1) is 6.95. The Morgan fingerprint density at radius 2 is 2.29 bits per heavy atom. The van der Waals surface area contributed by atoms with Crippen molar-refractivity contribution in [1.29, 1.82) is 0 Å². The minimum absolute atomic E-state index is 0.0718. The molecule has 0 heterocycles. The second kappa shape index (κ2) is 3.02. The summed E-state index contributed by atoms with van der Waals surface area (Å²) in [6.07, 6.45) is -0.971. The monoisotopic (exact) mass is 122 g/mol. The van der Waals surface area contributed by atoms with Gasteiger partial charge in [-0.2, -0.15) is 0 Å². The lowest BCUT2D eigenvalue weighted by Crippen LogP contribution is -2.10. The third kappa shape index (κ3) is 2.62. The Hall–Kier alpha value is -0.0500. The fourth-order valence-corrected chi connectivity index (χ4v) is 0.168. The minimum atomic E-state index is -0.971. The maximum absolute atomic E-state index is 8.45. The van der Waals surface area contributed by atoms with Gasteiger partial charge in [-0.3, -0.25) is 0 Å². The second-order valence-electron chi connectivity index (χ2n) is 1.15. The van der Waals surface area contributed by atoms with Gasteiger partial charge in [0.05, 0.1) is 6.61 Å². The molecule has 0 fully saturated rings. The van der Waals surface area contributed by atoms with Gasteiger partial charge in [0.25, 0.3) is 0 Å². The molecule has 3 heteroatoms. The Balaban J connectivity index is 3.34. The van der Waals surface area contributed by atoms with E-state index < -0.39 is 6.10 Å². The van der Waals surface area contributed by atoms with Crippen molar-refractivity contribution < 1.29 is 10.2 Å². The average Bonchev–Trinajstić information content (AvgIpc) is 1.65. The summed E-state index contributed by atoms with van der Waals surface area (Å²) in [6, 6.07) is 0. The van der Waals surface area contributed by atoms with Crippen LogP contribution in [0.3, 0.4) is 0 Å². The van der Waals surface area contributed by atoms with Gasteiger partial charge >= 0.3 is 0 Å². The molecule has 1 unspecified atom stereocenters. The van der Waals surface area contributed by atoms with Crippen LogP contribution in [0.1, 0.15) is 0 Å². The van der Waals surface area contributed by atoms with E-state index >= 15 is 0 Å². The van der Waals surface area contributed by atoms with Gasteiger partial charge in [-0.05, 0) is 0 Å². The third-order valence-electron chi connectivity index (χ3n) is 0.535. The van der Waals surface area contributed by atoms with Gasteiger partial charge < -0.3 is 10.2 Å². The molecule has 7 heavy (non-hydrogen) atoms. The lowest BCUT2D eigenvalue weighted by Gasteiger charge is -2.00. The van der Waals surface area contributed by atoms with Crippen LogP contribution < -0.4 is 0 Å². The predicted molar refractivity (Wildman–Crippen MR) is 28.1 cm³/mol. The number of halogens is 1. The largest absolute Gasteiger partial charge is 0.393 e. The highest BCUT2D eigenvalue weighted by atomic mass is 35.5. The van der Waals surface area contributed by atoms with Crippen LogP contribution in [0.4, 0.5) is 0 Å². The van der Waals surface area contributed by atoms with Crippen molar-refractivity contribution in [2.75, 3.05) is 6.61 Å². The molecule has 2 N–H and O–H groups in total. The summed E-state index contributed by atoms with van der Waals surface area (Å²) >= 11 is 5.12. The number of aliphatic hydroxyl groups is 2. The molecule has 0 aliphatic carbocycles.